The van der Waals surface area contributed by atoms with Gasteiger partial charge in [-0.3, -0.25) is 0 Å². The summed E-state index contributed by atoms with van der Waals surface area (Å²) in [6, 6.07) is 0. The lowest BCUT2D eigenvalue weighted by molar-refractivity contribution is -0.131. The molecule has 98 valence electrons. The van der Waals surface area contributed by atoms with Crippen LogP contribution in [0.2, 0.25) is 0 Å². The third kappa shape index (κ3) is 4.88. The predicted molar refractivity (Wildman–Crippen MR) is 66.9 cm³/mol. The zero-order chi connectivity index (χ0) is 12.7. The average Bonchev–Trinajstić information content (AvgIpc) is 2.29. The molecule has 0 amide bonds. The van der Waals surface area contributed by atoms with E-state index in [2.05, 4.69) is 5.32 Å². The Morgan fingerprint density at radius 2 is 2.00 bits per heavy atom. The van der Waals surface area contributed by atoms with Crippen LogP contribution in [0.5, 0.6) is 0 Å². The number of hydrogen-bond donors (Lipinski definition) is 3. The van der Waals surface area contributed by atoms with E-state index in [-0.39, 0.29) is 12.0 Å². The van der Waals surface area contributed by atoms with E-state index in [0.717, 1.165) is 25.0 Å². The van der Waals surface area contributed by atoms with E-state index in [9.17, 15) is 9.90 Å². The van der Waals surface area contributed by atoms with Crippen molar-refractivity contribution < 1.29 is 15.0 Å². The molecule has 1 rings (SSSR count). The summed E-state index contributed by atoms with van der Waals surface area (Å²) >= 11 is 0. The zero-order valence-corrected chi connectivity index (χ0v) is 10.5. The minimum atomic E-state index is -0.904. The van der Waals surface area contributed by atoms with Gasteiger partial charge in [0.15, 0.2) is 0 Å². The van der Waals surface area contributed by atoms with Crippen molar-refractivity contribution in [2.24, 2.45) is 5.41 Å². The van der Waals surface area contributed by atoms with Crippen LogP contribution in [0.3, 0.4) is 0 Å². The molecule has 0 radical (unpaired) electrons. The molecule has 0 bridgehead atoms. The van der Waals surface area contributed by atoms with Crippen molar-refractivity contribution in [2.45, 2.75) is 39.0 Å². The van der Waals surface area contributed by atoms with Crippen LogP contribution in [0.4, 0.5) is 0 Å². The van der Waals surface area contributed by atoms with Gasteiger partial charge in [0.25, 0.3) is 0 Å². The Balaban J connectivity index is 2.35. The van der Waals surface area contributed by atoms with Gasteiger partial charge in [0.2, 0.25) is 0 Å². The number of carboxylic acids is 1. The van der Waals surface area contributed by atoms with Gasteiger partial charge in [-0.2, -0.15) is 0 Å². The normalized spacial score (nSPS) is 20.2. The fourth-order valence-electron chi connectivity index (χ4n) is 2.48. The van der Waals surface area contributed by atoms with E-state index in [1.807, 2.05) is 0 Å². The molecule has 1 fully saturated rings. The largest absolute Gasteiger partial charge is 0.478 e. The van der Waals surface area contributed by atoms with Crippen molar-refractivity contribution in [3.8, 4) is 0 Å². The topological polar surface area (TPSA) is 69.6 Å². The highest BCUT2D eigenvalue weighted by atomic mass is 16.4. The Hall–Kier alpha value is -0.870. The number of carbonyl (C=O) groups is 1. The molecule has 0 unspecified atom stereocenters. The summed E-state index contributed by atoms with van der Waals surface area (Å²) in [6.07, 6.45) is 6.99. The maximum atomic E-state index is 10.4. The van der Waals surface area contributed by atoms with Crippen LogP contribution in [-0.4, -0.2) is 35.9 Å². The Kier molecular flexibility index (Phi) is 5.65. The number of carboxylic acid groups (broad SMARTS) is 1. The Bertz CT molecular complexity index is 280. The Morgan fingerprint density at radius 1 is 1.35 bits per heavy atom. The lowest BCUT2D eigenvalue weighted by Crippen LogP contribution is -2.39. The molecule has 0 saturated heterocycles. The van der Waals surface area contributed by atoms with Gasteiger partial charge in [0.1, 0.15) is 0 Å². The quantitative estimate of drug-likeness (QED) is 0.617. The smallest absolute Gasteiger partial charge is 0.328 e. The molecule has 0 atom stereocenters. The molecule has 3 N–H and O–H groups in total. The lowest BCUT2D eigenvalue weighted by atomic mass is 9.74. The molecule has 0 aromatic carbocycles. The van der Waals surface area contributed by atoms with Crippen LogP contribution in [0.15, 0.2) is 11.6 Å². The highest BCUT2D eigenvalue weighted by Crippen LogP contribution is 2.35. The number of nitrogens with one attached hydrogen (secondary N) is 1. The molecule has 0 spiro atoms. The Labute approximate surface area is 103 Å². The van der Waals surface area contributed by atoms with Gasteiger partial charge in [0, 0.05) is 31.2 Å². The third-order valence-corrected chi connectivity index (χ3v) is 3.52. The van der Waals surface area contributed by atoms with Gasteiger partial charge in [-0.1, -0.05) is 24.8 Å². The fourth-order valence-corrected chi connectivity index (χ4v) is 2.48. The van der Waals surface area contributed by atoms with Gasteiger partial charge in [-0.25, -0.2) is 4.79 Å². The second-order valence-corrected chi connectivity index (χ2v) is 5.15. The SMILES string of the molecule is CC(=CC(=O)O)CNCC1(CO)CCCCC1. The fraction of sp³-hybridized carbons (Fsp3) is 0.769. The molecular formula is C13H23NO3. The maximum Gasteiger partial charge on any atom is 0.328 e. The molecule has 4 heteroatoms. The number of aliphatic hydroxyl groups excluding tert-OH is 1. The predicted octanol–water partition coefficient (Wildman–Crippen LogP) is 1.55. The van der Waals surface area contributed by atoms with Gasteiger partial charge in [0.05, 0.1) is 0 Å². The van der Waals surface area contributed by atoms with Crippen LogP contribution in [0, 0.1) is 5.41 Å². The first-order valence-corrected chi connectivity index (χ1v) is 6.30. The summed E-state index contributed by atoms with van der Waals surface area (Å²) in [5.41, 5.74) is 0.822. The molecule has 1 aliphatic rings. The molecule has 0 heterocycles. The number of hydrogen-bond acceptors (Lipinski definition) is 3. The van der Waals surface area contributed by atoms with E-state index in [1.165, 1.54) is 25.3 Å². The first-order chi connectivity index (χ1) is 8.08. The van der Waals surface area contributed by atoms with Gasteiger partial charge in [-0.15, -0.1) is 0 Å². The molecule has 17 heavy (non-hydrogen) atoms. The van der Waals surface area contributed by atoms with Crippen LogP contribution in [0.1, 0.15) is 39.0 Å². The summed E-state index contributed by atoms with van der Waals surface area (Å²) in [5, 5.41) is 21.3. The molecule has 0 aromatic heterocycles. The minimum absolute atomic E-state index is 0.0156. The highest BCUT2D eigenvalue weighted by molar-refractivity contribution is 5.80. The summed E-state index contributed by atoms with van der Waals surface area (Å²) in [4.78, 5) is 10.4. The molecule has 4 nitrogen and oxygen atoms in total. The summed E-state index contributed by atoms with van der Waals surface area (Å²) < 4.78 is 0. The highest BCUT2D eigenvalue weighted by Gasteiger charge is 2.30. The number of aliphatic hydroxyl groups is 1. The third-order valence-electron chi connectivity index (χ3n) is 3.52. The maximum absolute atomic E-state index is 10.4. The number of rotatable bonds is 6. The summed E-state index contributed by atoms with van der Waals surface area (Å²) in [5.74, 6) is -0.904. The van der Waals surface area contributed by atoms with E-state index < -0.39 is 5.97 Å². The molecule has 1 saturated carbocycles. The van der Waals surface area contributed by atoms with Crippen molar-refractivity contribution in [3.05, 3.63) is 11.6 Å². The van der Waals surface area contributed by atoms with Crippen molar-refractivity contribution in [3.63, 3.8) is 0 Å². The van der Waals surface area contributed by atoms with Crippen molar-refractivity contribution in [1.29, 1.82) is 0 Å². The minimum Gasteiger partial charge on any atom is -0.478 e. The monoisotopic (exact) mass is 241 g/mol. The summed E-state index contributed by atoms with van der Waals surface area (Å²) in [7, 11) is 0. The Morgan fingerprint density at radius 3 is 2.53 bits per heavy atom. The van der Waals surface area contributed by atoms with Crippen LogP contribution >= 0.6 is 0 Å². The second-order valence-electron chi connectivity index (χ2n) is 5.15. The van der Waals surface area contributed by atoms with Crippen molar-refractivity contribution in [2.75, 3.05) is 19.7 Å². The van der Waals surface area contributed by atoms with Gasteiger partial charge in [-0.05, 0) is 19.8 Å². The van der Waals surface area contributed by atoms with Crippen molar-refractivity contribution >= 4 is 5.97 Å². The van der Waals surface area contributed by atoms with Gasteiger partial charge >= 0.3 is 5.97 Å². The summed E-state index contributed by atoms with van der Waals surface area (Å²) in [6.45, 7) is 3.37. The van der Waals surface area contributed by atoms with E-state index in [1.54, 1.807) is 6.92 Å². The zero-order valence-electron chi connectivity index (χ0n) is 10.5. The standard InChI is InChI=1S/C13H23NO3/c1-11(7-12(16)17)8-14-9-13(10-15)5-3-2-4-6-13/h7,14-15H,2-6,8-10H2,1H3,(H,16,17). The first-order valence-electron chi connectivity index (χ1n) is 6.30. The van der Waals surface area contributed by atoms with E-state index >= 15 is 0 Å². The average molecular weight is 241 g/mol. The van der Waals surface area contributed by atoms with Crippen LogP contribution in [-0.2, 0) is 4.79 Å². The lowest BCUT2D eigenvalue weighted by Gasteiger charge is -2.35. The van der Waals surface area contributed by atoms with Crippen molar-refractivity contribution in [1.82, 2.24) is 5.32 Å². The van der Waals surface area contributed by atoms with Crippen LogP contribution in [0.25, 0.3) is 0 Å². The van der Waals surface area contributed by atoms with E-state index in [0.29, 0.717) is 6.54 Å². The van der Waals surface area contributed by atoms with Gasteiger partial charge < -0.3 is 15.5 Å². The molecule has 1 aliphatic carbocycles. The molecule has 0 aliphatic heterocycles. The second kappa shape index (κ2) is 6.77. The molecule has 0 aromatic rings. The molecular weight excluding hydrogens is 218 g/mol. The van der Waals surface area contributed by atoms with Crippen LogP contribution < -0.4 is 5.32 Å². The van der Waals surface area contributed by atoms with E-state index in [4.69, 9.17) is 5.11 Å². The first kappa shape index (κ1) is 14.2. The number of aliphatic carboxylic acids is 1.